The van der Waals surface area contributed by atoms with Gasteiger partial charge < -0.3 is 4.57 Å². The van der Waals surface area contributed by atoms with Gasteiger partial charge in [-0.15, -0.1) is 0 Å². The second-order valence-corrected chi connectivity index (χ2v) is 13.7. The molecule has 0 bridgehead atoms. The van der Waals surface area contributed by atoms with E-state index in [4.69, 9.17) is 13.4 Å². The number of fused-ring (bicyclic) bond motifs is 4. The Labute approximate surface area is 250 Å². The molecule has 0 saturated carbocycles. The smallest absolute Gasteiger partial charge is 0.297 e. The molecule has 43 heavy (non-hydrogen) atoms. The molecule has 6 rings (SSSR count). The lowest BCUT2D eigenvalue weighted by Crippen LogP contribution is -2.12. The third-order valence-corrected chi connectivity index (χ3v) is 10.1. The van der Waals surface area contributed by atoms with Crippen LogP contribution in [0.3, 0.4) is 0 Å². The van der Waals surface area contributed by atoms with Crippen molar-refractivity contribution < 1.29 is 25.2 Å². The number of para-hydroxylation sites is 1. The lowest BCUT2D eigenvalue weighted by atomic mass is 10.1. The van der Waals surface area contributed by atoms with Gasteiger partial charge in [0.15, 0.2) is 0 Å². The molecule has 6 aromatic rings. The van der Waals surface area contributed by atoms with Gasteiger partial charge in [0, 0.05) is 17.3 Å². The fourth-order valence-electron chi connectivity index (χ4n) is 5.11. The van der Waals surface area contributed by atoms with Gasteiger partial charge in [-0.3, -0.25) is 8.37 Å². The maximum absolute atomic E-state index is 12.8. The highest BCUT2D eigenvalue weighted by molar-refractivity contribution is 7.87. The minimum absolute atomic E-state index is 0.00441. The fraction of sp³-hybridized carbons (Fsp3) is 0.182. The molecule has 0 unspecified atom stereocenters. The number of aromatic nitrogens is 2. The van der Waals surface area contributed by atoms with E-state index in [1.165, 1.54) is 0 Å². The molecule has 2 heterocycles. The molecule has 0 spiro atoms. The summed E-state index contributed by atoms with van der Waals surface area (Å²) in [5.74, 6) is 0. The molecule has 0 aliphatic carbocycles. The molecule has 0 N–H and O–H groups in total. The normalized spacial score (nSPS) is 12.4. The SMILES string of the molecule is Cc1ccc(S(=O)(=O)OCCc2ccc3nc4c5ccccc5n(CCOS(=O)(=O)c5ccc(C)cc5)c4cc3c2)cc1. The Morgan fingerprint density at radius 2 is 1.28 bits per heavy atom. The van der Waals surface area contributed by atoms with Crippen LogP contribution < -0.4 is 0 Å². The molecule has 0 saturated heterocycles. The zero-order valence-electron chi connectivity index (χ0n) is 23.7. The lowest BCUT2D eigenvalue weighted by molar-refractivity contribution is 0.304. The van der Waals surface area contributed by atoms with Crippen LogP contribution in [0.15, 0.2) is 107 Å². The van der Waals surface area contributed by atoms with Crippen molar-refractivity contribution in [2.75, 3.05) is 13.2 Å². The van der Waals surface area contributed by atoms with Crippen LogP contribution in [0.4, 0.5) is 0 Å². The van der Waals surface area contributed by atoms with Gasteiger partial charge in [0.05, 0.1) is 45.1 Å². The van der Waals surface area contributed by atoms with Crippen LogP contribution in [0.1, 0.15) is 16.7 Å². The van der Waals surface area contributed by atoms with Crippen LogP contribution in [-0.2, 0) is 41.6 Å². The maximum Gasteiger partial charge on any atom is 0.297 e. The second kappa shape index (κ2) is 11.5. The first-order valence-electron chi connectivity index (χ1n) is 13.8. The molecule has 0 atom stereocenters. The molecule has 220 valence electrons. The van der Waals surface area contributed by atoms with Gasteiger partial charge in [0.1, 0.15) is 0 Å². The third-order valence-electron chi connectivity index (χ3n) is 7.40. The van der Waals surface area contributed by atoms with Crippen molar-refractivity contribution in [2.45, 2.75) is 36.6 Å². The Bertz CT molecular complexity index is 2170. The van der Waals surface area contributed by atoms with Crippen LogP contribution >= 0.6 is 0 Å². The molecule has 10 heteroatoms. The number of aryl methyl sites for hydroxylation is 2. The zero-order valence-corrected chi connectivity index (χ0v) is 25.4. The third kappa shape index (κ3) is 6.05. The van der Waals surface area contributed by atoms with Crippen LogP contribution in [0.25, 0.3) is 32.8 Å². The van der Waals surface area contributed by atoms with E-state index in [-0.39, 0.29) is 23.0 Å². The van der Waals surface area contributed by atoms with Crippen molar-refractivity contribution >= 4 is 53.1 Å². The van der Waals surface area contributed by atoms with E-state index in [0.717, 1.165) is 49.5 Å². The molecular weight excluding hydrogens is 585 g/mol. The summed E-state index contributed by atoms with van der Waals surface area (Å²) in [7, 11) is -7.75. The van der Waals surface area contributed by atoms with Crippen molar-refractivity contribution in [2.24, 2.45) is 0 Å². The fourth-order valence-corrected chi connectivity index (χ4v) is 6.92. The highest BCUT2D eigenvalue weighted by Crippen LogP contribution is 2.31. The number of hydrogen-bond donors (Lipinski definition) is 0. The molecule has 0 aliphatic rings. The van der Waals surface area contributed by atoms with Gasteiger partial charge in [-0.1, -0.05) is 59.7 Å². The Balaban J connectivity index is 1.25. The molecule has 0 amide bonds. The van der Waals surface area contributed by atoms with Gasteiger partial charge >= 0.3 is 0 Å². The summed E-state index contributed by atoms with van der Waals surface area (Å²) in [6, 6.07) is 28.8. The molecule has 0 aliphatic heterocycles. The van der Waals surface area contributed by atoms with Gasteiger partial charge in [-0.2, -0.15) is 16.8 Å². The van der Waals surface area contributed by atoms with Gasteiger partial charge in [0.25, 0.3) is 20.2 Å². The number of rotatable bonds is 10. The van der Waals surface area contributed by atoms with Crippen molar-refractivity contribution in [1.29, 1.82) is 0 Å². The van der Waals surface area contributed by atoms with Crippen LogP contribution in [-0.4, -0.2) is 39.6 Å². The molecule has 0 fully saturated rings. The van der Waals surface area contributed by atoms with E-state index in [2.05, 4.69) is 0 Å². The lowest BCUT2D eigenvalue weighted by Gasteiger charge is -2.10. The Kier molecular flexibility index (Phi) is 7.78. The topological polar surface area (TPSA) is 105 Å². The first-order chi connectivity index (χ1) is 20.6. The summed E-state index contributed by atoms with van der Waals surface area (Å²) in [4.78, 5) is 5.19. The van der Waals surface area contributed by atoms with Crippen molar-refractivity contribution in [3.63, 3.8) is 0 Å². The summed E-state index contributed by atoms with van der Waals surface area (Å²) < 4.78 is 63.4. The monoisotopic (exact) mass is 614 g/mol. The van der Waals surface area contributed by atoms with E-state index >= 15 is 0 Å². The van der Waals surface area contributed by atoms with Crippen LogP contribution in [0.5, 0.6) is 0 Å². The summed E-state index contributed by atoms with van der Waals surface area (Å²) in [6.45, 7) is 4.04. The first kappa shape index (κ1) is 29.0. The minimum Gasteiger partial charge on any atom is -0.337 e. The average Bonchev–Trinajstić information content (AvgIpc) is 3.28. The van der Waals surface area contributed by atoms with E-state index in [0.29, 0.717) is 13.0 Å². The second-order valence-electron chi connectivity index (χ2n) is 10.5. The van der Waals surface area contributed by atoms with Crippen molar-refractivity contribution in [3.8, 4) is 0 Å². The van der Waals surface area contributed by atoms with Crippen molar-refractivity contribution in [1.82, 2.24) is 9.55 Å². The summed E-state index contributed by atoms with van der Waals surface area (Å²) in [5.41, 5.74) is 6.22. The van der Waals surface area contributed by atoms with E-state index in [9.17, 15) is 16.8 Å². The molecule has 8 nitrogen and oxygen atoms in total. The average molecular weight is 615 g/mol. The molecule has 0 radical (unpaired) electrons. The summed E-state index contributed by atoms with van der Waals surface area (Å²) >= 11 is 0. The number of hydrogen-bond acceptors (Lipinski definition) is 7. The number of nitrogens with zero attached hydrogens (tertiary/aromatic N) is 2. The number of benzene rings is 4. The van der Waals surface area contributed by atoms with Crippen LogP contribution in [0, 0.1) is 13.8 Å². The molecular formula is C33H30N2O6S2. The first-order valence-corrected chi connectivity index (χ1v) is 16.7. The van der Waals surface area contributed by atoms with E-state index < -0.39 is 20.2 Å². The summed E-state index contributed by atoms with van der Waals surface area (Å²) in [5, 5.41) is 1.84. The highest BCUT2D eigenvalue weighted by atomic mass is 32.2. The molecule has 2 aromatic heterocycles. The van der Waals surface area contributed by atoms with Crippen LogP contribution in [0.2, 0.25) is 0 Å². The maximum atomic E-state index is 12.8. The Morgan fingerprint density at radius 3 is 1.93 bits per heavy atom. The number of pyridine rings is 1. The zero-order chi connectivity index (χ0) is 30.2. The quantitative estimate of drug-likeness (QED) is 0.167. The van der Waals surface area contributed by atoms with E-state index in [1.54, 1.807) is 48.5 Å². The van der Waals surface area contributed by atoms with Gasteiger partial charge in [-0.05, 0) is 74.4 Å². The predicted molar refractivity (Wildman–Crippen MR) is 167 cm³/mol. The van der Waals surface area contributed by atoms with Crippen molar-refractivity contribution in [3.05, 3.63) is 114 Å². The van der Waals surface area contributed by atoms with Gasteiger partial charge in [0.2, 0.25) is 0 Å². The standard InChI is InChI=1S/C33H30N2O6S2/c1-23-7-12-27(13-8-23)42(36,37)40-19-17-25-11-16-30-26(21-25)22-32-33(34-30)29-5-3-4-6-31(29)35(32)18-20-41-43(38,39)28-14-9-24(2)10-15-28/h3-16,21-22H,17-20H2,1-2H3. The Hall–Kier alpha value is -4.09. The predicted octanol–water partition coefficient (Wildman–Crippen LogP) is 6.31. The largest absolute Gasteiger partial charge is 0.337 e. The minimum atomic E-state index is -3.90. The van der Waals surface area contributed by atoms with E-state index in [1.807, 2.05) is 66.9 Å². The van der Waals surface area contributed by atoms with Gasteiger partial charge in [-0.25, -0.2) is 4.98 Å². The highest BCUT2D eigenvalue weighted by Gasteiger charge is 2.18. The summed E-state index contributed by atoms with van der Waals surface area (Å²) in [6.07, 6.45) is 0.396. The molecule has 4 aromatic carbocycles. The Morgan fingerprint density at radius 1 is 0.674 bits per heavy atom.